The third-order valence-corrected chi connectivity index (χ3v) is 4.63. The van der Waals surface area contributed by atoms with E-state index in [0.29, 0.717) is 8.95 Å². The number of nitrogens with one attached hydrogen (secondary N) is 1. The number of nitrogens with zero attached hydrogens (tertiary/aromatic N) is 1. The molecule has 2 N–H and O–H groups in total. The maximum absolute atomic E-state index is 12.2. The van der Waals surface area contributed by atoms with Crippen LogP contribution >= 0.6 is 31.9 Å². The molecule has 2 rings (SSSR count). The minimum atomic E-state index is -3.85. The summed E-state index contributed by atoms with van der Waals surface area (Å²) in [6, 6.07) is 5.47. The Hall–Kier alpha value is -1.45. The first-order chi connectivity index (χ1) is 9.78. The van der Waals surface area contributed by atoms with Gasteiger partial charge < -0.3 is 5.11 Å². The van der Waals surface area contributed by atoms with Gasteiger partial charge in [-0.1, -0.05) is 15.9 Å². The summed E-state index contributed by atoms with van der Waals surface area (Å²) in [6.07, 6.45) is 2.66. The van der Waals surface area contributed by atoms with E-state index in [1.54, 1.807) is 0 Å². The van der Waals surface area contributed by atoms with Crippen molar-refractivity contribution >= 4 is 53.5 Å². The lowest BCUT2D eigenvalue weighted by Gasteiger charge is -2.09. The summed E-state index contributed by atoms with van der Waals surface area (Å²) in [4.78, 5) is 14.7. The highest BCUT2D eigenvalue weighted by Gasteiger charge is 2.16. The Kier molecular flexibility index (Phi) is 4.64. The van der Waals surface area contributed by atoms with Crippen LogP contribution in [0.3, 0.4) is 0 Å². The van der Waals surface area contributed by atoms with Crippen molar-refractivity contribution in [3.8, 4) is 0 Å². The van der Waals surface area contributed by atoms with Crippen molar-refractivity contribution in [1.82, 2.24) is 4.98 Å². The number of hydrogen-bond acceptors (Lipinski definition) is 4. The Bertz CT molecular complexity index is 809. The van der Waals surface area contributed by atoms with E-state index >= 15 is 0 Å². The Labute approximate surface area is 137 Å². The van der Waals surface area contributed by atoms with Crippen LogP contribution in [0.15, 0.2) is 50.5 Å². The van der Waals surface area contributed by atoms with E-state index in [4.69, 9.17) is 5.11 Å². The van der Waals surface area contributed by atoms with Gasteiger partial charge in [-0.05, 0) is 40.2 Å². The second-order valence-electron chi connectivity index (χ2n) is 3.98. The zero-order valence-electron chi connectivity index (χ0n) is 10.2. The number of aromatic nitrogens is 1. The van der Waals surface area contributed by atoms with Crippen molar-refractivity contribution in [2.24, 2.45) is 0 Å². The molecular formula is C12H8Br2N2O4S. The molecule has 1 aromatic heterocycles. The normalized spacial score (nSPS) is 11.1. The van der Waals surface area contributed by atoms with Gasteiger partial charge in [0, 0.05) is 21.3 Å². The highest BCUT2D eigenvalue weighted by Crippen LogP contribution is 2.23. The van der Waals surface area contributed by atoms with Crippen molar-refractivity contribution in [1.29, 1.82) is 0 Å². The number of carbonyl (C=O) groups is 1. The topological polar surface area (TPSA) is 96.4 Å². The lowest BCUT2D eigenvalue weighted by atomic mass is 10.2. The summed E-state index contributed by atoms with van der Waals surface area (Å²) in [7, 11) is -3.85. The van der Waals surface area contributed by atoms with Crippen LogP contribution in [-0.4, -0.2) is 24.5 Å². The Balaban J connectivity index is 2.39. The van der Waals surface area contributed by atoms with Crippen molar-refractivity contribution < 1.29 is 18.3 Å². The molecule has 0 fully saturated rings. The quantitative estimate of drug-likeness (QED) is 0.768. The zero-order chi connectivity index (χ0) is 15.6. The Morgan fingerprint density at radius 3 is 2.43 bits per heavy atom. The molecule has 9 heteroatoms. The van der Waals surface area contributed by atoms with Gasteiger partial charge in [-0.3, -0.25) is 9.71 Å². The summed E-state index contributed by atoms with van der Waals surface area (Å²) in [6.45, 7) is 0. The molecule has 0 atom stereocenters. The first-order valence-electron chi connectivity index (χ1n) is 5.45. The number of halogens is 2. The molecule has 1 heterocycles. The summed E-state index contributed by atoms with van der Waals surface area (Å²) < 4.78 is 27.7. The van der Waals surface area contributed by atoms with Crippen molar-refractivity contribution in [2.45, 2.75) is 4.90 Å². The molecule has 0 amide bonds. The molecule has 6 nitrogen and oxygen atoms in total. The van der Waals surface area contributed by atoms with E-state index < -0.39 is 16.0 Å². The summed E-state index contributed by atoms with van der Waals surface area (Å²) in [5.41, 5.74) is 0.108. The molecule has 2 aromatic rings. The van der Waals surface area contributed by atoms with E-state index in [0.717, 1.165) is 0 Å². The monoisotopic (exact) mass is 434 g/mol. The molecule has 0 saturated carbocycles. The molecule has 1 aromatic carbocycles. The summed E-state index contributed by atoms with van der Waals surface area (Å²) >= 11 is 6.28. The van der Waals surface area contributed by atoms with Crippen LogP contribution in [0.1, 0.15) is 10.4 Å². The first-order valence-corrected chi connectivity index (χ1v) is 8.52. The van der Waals surface area contributed by atoms with Crippen molar-refractivity contribution in [3.63, 3.8) is 0 Å². The number of anilines is 1. The Morgan fingerprint density at radius 2 is 1.81 bits per heavy atom. The molecule has 0 radical (unpaired) electrons. The van der Waals surface area contributed by atoms with E-state index in [1.165, 1.54) is 36.7 Å². The van der Waals surface area contributed by atoms with Gasteiger partial charge in [-0.2, -0.15) is 0 Å². The van der Waals surface area contributed by atoms with Gasteiger partial charge >= 0.3 is 5.97 Å². The largest absolute Gasteiger partial charge is 0.478 e. The standard InChI is InChI=1S/C12H8Br2N2O4S/c13-8-1-7(12(17)18)2-10(3-8)16-21(19,20)11-4-9(14)5-15-6-11/h1-6,16H,(H,17,18). The number of carboxylic acids is 1. The van der Waals surface area contributed by atoms with Crippen LogP contribution in [0.4, 0.5) is 5.69 Å². The Morgan fingerprint density at radius 1 is 1.10 bits per heavy atom. The van der Waals surface area contributed by atoms with E-state index in [1.807, 2.05) is 0 Å². The SMILES string of the molecule is O=C(O)c1cc(Br)cc(NS(=O)(=O)c2cncc(Br)c2)c1. The summed E-state index contributed by atoms with van der Waals surface area (Å²) in [5, 5.41) is 8.97. The number of pyridine rings is 1. The van der Waals surface area contributed by atoms with E-state index in [-0.39, 0.29) is 16.1 Å². The van der Waals surface area contributed by atoms with Crippen LogP contribution in [-0.2, 0) is 10.0 Å². The maximum atomic E-state index is 12.2. The fraction of sp³-hybridized carbons (Fsp3) is 0. The molecule has 0 spiro atoms. The third-order valence-electron chi connectivity index (χ3n) is 2.39. The first kappa shape index (κ1) is 15.9. The molecule has 0 aliphatic rings. The van der Waals surface area contributed by atoms with Crippen LogP contribution in [0, 0.1) is 0 Å². The van der Waals surface area contributed by atoms with Crippen molar-refractivity contribution in [2.75, 3.05) is 4.72 Å². The predicted octanol–water partition coefficient (Wildman–Crippen LogP) is 3.11. The molecule has 21 heavy (non-hydrogen) atoms. The van der Waals surface area contributed by atoms with E-state index in [9.17, 15) is 13.2 Å². The van der Waals surface area contributed by atoms with Gasteiger partial charge in [0.15, 0.2) is 0 Å². The molecule has 110 valence electrons. The van der Waals surface area contributed by atoms with Crippen molar-refractivity contribution in [3.05, 3.63) is 51.2 Å². The number of carboxylic acid groups (broad SMARTS) is 1. The zero-order valence-corrected chi connectivity index (χ0v) is 14.2. The lowest BCUT2D eigenvalue weighted by molar-refractivity contribution is 0.0697. The molecule has 0 aliphatic carbocycles. The molecule has 0 aliphatic heterocycles. The number of hydrogen-bond donors (Lipinski definition) is 2. The molecule has 0 saturated heterocycles. The predicted molar refractivity (Wildman–Crippen MR) is 83.8 cm³/mol. The van der Waals surface area contributed by atoms with Gasteiger partial charge in [0.2, 0.25) is 0 Å². The van der Waals surface area contributed by atoms with Gasteiger partial charge in [0.05, 0.1) is 11.3 Å². The van der Waals surface area contributed by atoms with E-state index in [2.05, 4.69) is 41.6 Å². The highest BCUT2D eigenvalue weighted by molar-refractivity contribution is 9.10. The minimum absolute atomic E-state index is 0.0329. The second-order valence-corrected chi connectivity index (χ2v) is 7.49. The minimum Gasteiger partial charge on any atom is -0.478 e. The van der Waals surface area contributed by atoms with Crippen LogP contribution in [0.25, 0.3) is 0 Å². The number of sulfonamides is 1. The highest BCUT2D eigenvalue weighted by atomic mass is 79.9. The number of rotatable bonds is 4. The van der Waals surface area contributed by atoms with Gasteiger partial charge in [-0.25, -0.2) is 13.2 Å². The lowest BCUT2D eigenvalue weighted by Crippen LogP contribution is -2.13. The van der Waals surface area contributed by atoms with Crippen LogP contribution in [0.5, 0.6) is 0 Å². The molecular weight excluding hydrogens is 428 g/mol. The molecule has 0 unspecified atom stereocenters. The summed E-state index contributed by atoms with van der Waals surface area (Å²) in [5.74, 6) is -1.15. The van der Waals surface area contributed by atoms with Crippen LogP contribution in [0.2, 0.25) is 0 Å². The van der Waals surface area contributed by atoms with Gasteiger partial charge in [0.25, 0.3) is 10.0 Å². The smallest absolute Gasteiger partial charge is 0.335 e. The molecule has 0 bridgehead atoms. The number of benzene rings is 1. The number of aromatic carboxylic acids is 1. The average Bonchev–Trinajstić information content (AvgIpc) is 2.37. The fourth-order valence-electron chi connectivity index (χ4n) is 1.53. The fourth-order valence-corrected chi connectivity index (χ4v) is 3.56. The average molecular weight is 436 g/mol. The third kappa shape index (κ3) is 4.02. The van der Waals surface area contributed by atoms with Gasteiger partial charge in [-0.15, -0.1) is 0 Å². The van der Waals surface area contributed by atoms with Gasteiger partial charge in [0.1, 0.15) is 4.90 Å². The second kappa shape index (κ2) is 6.12. The van der Waals surface area contributed by atoms with Crippen LogP contribution < -0.4 is 4.72 Å². The maximum Gasteiger partial charge on any atom is 0.335 e.